The third kappa shape index (κ3) is 4.38. The Hall–Kier alpha value is -1.03. The zero-order chi connectivity index (χ0) is 12.7. The molecule has 0 aliphatic heterocycles. The molecule has 96 valence electrons. The Balaban J connectivity index is 2.38. The molecule has 1 N–H and O–H groups in total. The summed E-state index contributed by atoms with van der Waals surface area (Å²) in [6, 6.07) is 1.84. The highest BCUT2D eigenvalue weighted by Crippen LogP contribution is 2.04. The van der Waals surface area contributed by atoms with Crippen molar-refractivity contribution >= 4 is 17.5 Å². The number of aromatic nitrogens is 2. The van der Waals surface area contributed by atoms with E-state index < -0.39 is 0 Å². The summed E-state index contributed by atoms with van der Waals surface area (Å²) in [5.74, 6) is 0.640. The van der Waals surface area contributed by atoms with E-state index in [0.29, 0.717) is 18.1 Å². The molecule has 17 heavy (non-hydrogen) atoms. The SMILES string of the molecule is CCc1cc(C(=O)NCCCCCCl)n(C)n1. The van der Waals surface area contributed by atoms with Crippen molar-refractivity contribution in [2.24, 2.45) is 7.05 Å². The van der Waals surface area contributed by atoms with Gasteiger partial charge in [0, 0.05) is 19.5 Å². The van der Waals surface area contributed by atoms with E-state index in [9.17, 15) is 4.79 Å². The van der Waals surface area contributed by atoms with Crippen molar-refractivity contribution in [2.45, 2.75) is 32.6 Å². The lowest BCUT2D eigenvalue weighted by molar-refractivity contribution is 0.0943. The normalized spacial score (nSPS) is 10.5. The lowest BCUT2D eigenvalue weighted by Crippen LogP contribution is -2.26. The standard InChI is InChI=1S/C12H20ClN3O/c1-3-10-9-11(16(2)15-10)12(17)14-8-6-4-5-7-13/h9H,3-8H2,1-2H3,(H,14,17). The molecule has 0 saturated heterocycles. The smallest absolute Gasteiger partial charge is 0.269 e. The fourth-order valence-corrected chi connectivity index (χ4v) is 1.79. The minimum Gasteiger partial charge on any atom is -0.351 e. The molecule has 4 nitrogen and oxygen atoms in total. The molecule has 0 aliphatic carbocycles. The predicted molar refractivity (Wildman–Crippen MR) is 69.5 cm³/mol. The number of unbranched alkanes of at least 4 members (excludes halogenated alkanes) is 2. The molecular formula is C12H20ClN3O. The third-order valence-corrected chi connectivity index (χ3v) is 2.89. The molecule has 0 atom stereocenters. The topological polar surface area (TPSA) is 46.9 Å². The van der Waals surface area contributed by atoms with Crippen molar-refractivity contribution in [3.8, 4) is 0 Å². The number of alkyl halides is 1. The number of halogens is 1. The molecule has 0 fully saturated rings. The highest BCUT2D eigenvalue weighted by Gasteiger charge is 2.11. The van der Waals surface area contributed by atoms with Gasteiger partial charge in [0.1, 0.15) is 5.69 Å². The molecule has 1 aromatic rings. The van der Waals surface area contributed by atoms with Crippen molar-refractivity contribution < 1.29 is 4.79 Å². The van der Waals surface area contributed by atoms with E-state index in [0.717, 1.165) is 31.4 Å². The zero-order valence-corrected chi connectivity index (χ0v) is 11.3. The number of carbonyl (C=O) groups is 1. The van der Waals surface area contributed by atoms with Crippen LogP contribution in [0.1, 0.15) is 42.4 Å². The summed E-state index contributed by atoms with van der Waals surface area (Å²) >= 11 is 5.58. The monoisotopic (exact) mass is 257 g/mol. The summed E-state index contributed by atoms with van der Waals surface area (Å²) in [4.78, 5) is 11.8. The van der Waals surface area contributed by atoms with Gasteiger partial charge < -0.3 is 5.32 Å². The number of hydrogen-bond acceptors (Lipinski definition) is 2. The highest BCUT2D eigenvalue weighted by molar-refractivity contribution is 6.17. The quantitative estimate of drug-likeness (QED) is 0.601. The first-order valence-electron chi connectivity index (χ1n) is 6.06. The number of carbonyl (C=O) groups excluding carboxylic acids is 1. The van der Waals surface area contributed by atoms with Crippen LogP contribution >= 0.6 is 11.6 Å². The van der Waals surface area contributed by atoms with Gasteiger partial charge in [-0.1, -0.05) is 13.3 Å². The minimum absolute atomic E-state index is 0.0504. The van der Waals surface area contributed by atoms with E-state index in [1.165, 1.54) is 0 Å². The van der Waals surface area contributed by atoms with E-state index in [4.69, 9.17) is 11.6 Å². The van der Waals surface area contributed by atoms with Gasteiger partial charge in [0.05, 0.1) is 5.69 Å². The maximum absolute atomic E-state index is 11.8. The number of nitrogens with one attached hydrogen (secondary N) is 1. The van der Waals surface area contributed by atoms with Crippen LogP contribution in [0.4, 0.5) is 0 Å². The van der Waals surface area contributed by atoms with Gasteiger partial charge in [-0.2, -0.15) is 5.10 Å². The van der Waals surface area contributed by atoms with Gasteiger partial charge in [-0.3, -0.25) is 9.48 Å². The average Bonchev–Trinajstić information content (AvgIpc) is 2.70. The van der Waals surface area contributed by atoms with Gasteiger partial charge >= 0.3 is 0 Å². The molecule has 0 spiro atoms. The average molecular weight is 258 g/mol. The molecular weight excluding hydrogens is 238 g/mol. The van der Waals surface area contributed by atoms with Crippen LogP contribution in [0.5, 0.6) is 0 Å². The first-order valence-corrected chi connectivity index (χ1v) is 6.59. The second-order valence-corrected chi connectivity index (χ2v) is 4.38. The lowest BCUT2D eigenvalue weighted by Gasteiger charge is -2.04. The van der Waals surface area contributed by atoms with Gasteiger partial charge in [0.25, 0.3) is 5.91 Å². The first kappa shape index (κ1) is 14.0. The molecule has 5 heteroatoms. The number of amides is 1. The minimum atomic E-state index is -0.0504. The summed E-state index contributed by atoms with van der Waals surface area (Å²) in [5, 5.41) is 7.14. The van der Waals surface area contributed by atoms with Crippen molar-refractivity contribution in [3.63, 3.8) is 0 Å². The molecule has 0 unspecified atom stereocenters. The molecule has 1 heterocycles. The molecule has 1 amide bonds. The largest absolute Gasteiger partial charge is 0.351 e. The Kier molecular flexibility index (Phi) is 6.05. The fraction of sp³-hybridized carbons (Fsp3) is 0.667. The van der Waals surface area contributed by atoms with E-state index in [-0.39, 0.29) is 5.91 Å². The van der Waals surface area contributed by atoms with Crippen molar-refractivity contribution in [3.05, 3.63) is 17.5 Å². The summed E-state index contributed by atoms with van der Waals surface area (Å²) < 4.78 is 1.63. The predicted octanol–water partition coefficient (Wildman–Crippen LogP) is 2.12. The molecule has 1 aromatic heterocycles. The van der Waals surface area contributed by atoms with Crippen LogP contribution in [0.15, 0.2) is 6.07 Å². The lowest BCUT2D eigenvalue weighted by atomic mass is 10.2. The summed E-state index contributed by atoms with van der Waals surface area (Å²) in [5.41, 5.74) is 1.57. The Labute approximate surface area is 107 Å². The summed E-state index contributed by atoms with van der Waals surface area (Å²) in [6.07, 6.45) is 3.87. The van der Waals surface area contributed by atoms with Crippen LogP contribution in [0.3, 0.4) is 0 Å². The highest BCUT2D eigenvalue weighted by atomic mass is 35.5. The Morgan fingerprint density at radius 3 is 2.82 bits per heavy atom. The number of nitrogens with zero attached hydrogens (tertiary/aromatic N) is 2. The first-order chi connectivity index (χ1) is 8.19. The second kappa shape index (κ2) is 7.33. The van der Waals surface area contributed by atoms with Crippen LogP contribution in [0, 0.1) is 0 Å². The van der Waals surface area contributed by atoms with E-state index in [1.54, 1.807) is 11.7 Å². The van der Waals surface area contributed by atoms with E-state index in [1.807, 2.05) is 13.0 Å². The maximum Gasteiger partial charge on any atom is 0.269 e. The number of hydrogen-bond donors (Lipinski definition) is 1. The second-order valence-electron chi connectivity index (χ2n) is 4.00. The Morgan fingerprint density at radius 2 is 2.24 bits per heavy atom. The van der Waals surface area contributed by atoms with E-state index in [2.05, 4.69) is 10.4 Å². The summed E-state index contributed by atoms with van der Waals surface area (Å²) in [6.45, 7) is 2.72. The van der Waals surface area contributed by atoms with Crippen molar-refractivity contribution in [1.82, 2.24) is 15.1 Å². The maximum atomic E-state index is 11.8. The molecule has 0 radical (unpaired) electrons. The van der Waals surface area contributed by atoms with Gasteiger partial charge in [-0.05, 0) is 25.3 Å². The Morgan fingerprint density at radius 1 is 1.47 bits per heavy atom. The number of rotatable bonds is 7. The molecule has 1 rings (SSSR count). The molecule has 0 aromatic carbocycles. The van der Waals surface area contributed by atoms with Crippen LogP contribution in [0.2, 0.25) is 0 Å². The fourth-order valence-electron chi connectivity index (χ4n) is 1.60. The van der Waals surface area contributed by atoms with Gasteiger partial charge in [-0.25, -0.2) is 0 Å². The Bertz CT molecular complexity index is 363. The zero-order valence-electron chi connectivity index (χ0n) is 10.5. The number of aryl methyl sites for hydroxylation is 2. The summed E-state index contributed by atoms with van der Waals surface area (Å²) in [7, 11) is 1.79. The van der Waals surface area contributed by atoms with Crippen molar-refractivity contribution in [2.75, 3.05) is 12.4 Å². The van der Waals surface area contributed by atoms with Gasteiger partial charge in [0.2, 0.25) is 0 Å². The van der Waals surface area contributed by atoms with Crippen LogP contribution in [-0.2, 0) is 13.5 Å². The van der Waals surface area contributed by atoms with E-state index >= 15 is 0 Å². The molecule has 0 aliphatic rings. The molecule has 0 saturated carbocycles. The molecule has 0 bridgehead atoms. The van der Waals surface area contributed by atoms with Crippen LogP contribution < -0.4 is 5.32 Å². The van der Waals surface area contributed by atoms with Gasteiger partial charge in [-0.15, -0.1) is 11.6 Å². The third-order valence-electron chi connectivity index (χ3n) is 2.62. The van der Waals surface area contributed by atoms with Crippen LogP contribution in [-0.4, -0.2) is 28.1 Å². The van der Waals surface area contributed by atoms with Crippen molar-refractivity contribution in [1.29, 1.82) is 0 Å². The van der Waals surface area contributed by atoms with Crippen LogP contribution in [0.25, 0.3) is 0 Å². The van der Waals surface area contributed by atoms with Gasteiger partial charge in [0.15, 0.2) is 0 Å².